The molecule has 1 heterocycles. The Kier molecular flexibility index (Phi) is 5.20. The molecule has 1 fully saturated rings. The molecule has 1 aromatic carbocycles. The molecule has 2 rings (SSSR count). The Morgan fingerprint density at radius 2 is 2.19 bits per heavy atom. The van der Waals surface area contributed by atoms with E-state index in [9.17, 15) is 9.59 Å². The van der Waals surface area contributed by atoms with Crippen LogP contribution >= 0.6 is 11.6 Å². The summed E-state index contributed by atoms with van der Waals surface area (Å²) < 4.78 is 0. The lowest BCUT2D eigenvalue weighted by atomic mass is 10.1. The van der Waals surface area contributed by atoms with E-state index in [4.69, 9.17) is 11.6 Å². The molecule has 114 valence electrons. The Labute approximate surface area is 129 Å². The third kappa shape index (κ3) is 3.74. The van der Waals surface area contributed by atoms with E-state index in [1.54, 1.807) is 17.0 Å². The molecule has 2 amide bonds. The molecule has 1 aromatic rings. The average molecular weight is 310 g/mol. The summed E-state index contributed by atoms with van der Waals surface area (Å²) in [6.07, 6.45) is 0.227. The van der Waals surface area contributed by atoms with E-state index >= 15 is 0 Å². The highest BCUT2D eigenvalue weighted by molar-refractivity contribution is 6.33. The molecule has 0 aliphatic carbocycles. The van der Waals surface area contributed by atoms with Crippen molar-refractivity contribution in [1.82, 2.24) is 10.6 Å². The molecular weight excluding hydrogens is 290 g/mol. The first-order valence-corrected chi connectivity index (χ1v) is 7.40. The van der Waals surface area contributed by atoms with Crippen molar-refractivity contribution >= 4 is 29.1 Å². The van der Waals surface area contributed by atoms with Crippen molar-refractivity contribution in [3.63, 3.8) is 0 Å². The fraction of sp³-hybridized carbons (Fsp3) is 0.467. The molecule has 0 saturated carbocycles. The lowest BCUT2D eigenvalue weighted by molar-refractivity contribution is -0.126. The Hall–Kier alpha value is -1.59. The first-order chi connectivity index (χ1) is 10.0. The predicted molar refractivity (Wildman–Crippen MR) is 83.4 cm³/mol. The number of amides is 2. The van der Waals surface area contributed by atoms with Gasteiger partial charge in [-0.25, -0.2) is 0 Å². The third-order valence-electron chi connectivity index (χ3n) is 3.71. The molecule has 2 N–H and O–H groups in total. The number of likely N-dealkylation sites (N-methyl/N-ethyl adjacent to an activating group) is 1. The first kappa shape index (κ1) is 15.8. The zero-order valence-corrected chi connectivity index (χ0v) is 13.0. The van der Waals surface area contributed by atoms with Crippen LogP contribution in [-0.4, -0.2) is 38.0 Å². The Bertz CT molecular complexity index is 535. The molecule has 2 unspecified atom stereocenters. The topological polar surface area (TPSA) is 61.4 Å². The normalized spacial score (nSPS) is 19.7. The standard InChI is InChI=1S/C15H20ClN3O2/c1-10(17-2)8-18-15(21)11-7-14(20)19(9-11)13-6-4-3-5-12(13)16/h3-6,10-11,17H,7-9H2,1-2H3,(H,18,21). The summed E-state index contributed by atoms with van der Waals surface area (Å²) in [6.45, 7) is 2.91. The number of halogens is 1. The van der Waals surface area contributed by atoms with Crippen molar-refractivity contribution in [3.8, 4) is 0 Å². The first-order valence-electron chi connectivity index (χ1n) is 7.02. The summed E-state index contributed by atoms with van der Waals surface area (Å²) in [5.41, 5.74) is 0.669. The summed E-state index contributed by atoms with van der Waals surface area (Å²) in [6, 6.07) is 7.38. The van der Waals surface area contributed by atoms with Gasteiger partial charge in [0.05, 0.1) is 16.6 Å². The van der Waals surface area contributed by atoms with Crippen molar-refractivity contribution in [2.75, 3.05) is 25.0 Å². The lowest BCUT2D eigenvalue weighted by Crippen LogP contribution is -2.40. The van der Waals surface area contributed by atoms with E-state index in [-0.39, 0.29) is 30.2 Å². The van der Waals surface area contributed by atoms with Crippen molar-refractivity contribution in [2.45, 2.75) is 19.4 Å². The molecule has 2 atom stereocenters. The van der Waals surface area contributed by atoms with Gasteiger partial charge in [-0.1, -0.05) is 23.7 Å². The van der Waals surface area contributed by atoms with Gasteiger partial charge in [-0.3, -0.25) is 9.59 Å². The number of hydrogen-bond acceptors (Lipinski definition) is 3. The quantitative estimate of drug-likeness (QED) is 0.864. The van der Waals surface area contributed by atoms with E-state index in [1.165, 1.54) is 0 Å². The van der Waals surface area contributed by atoms with Crippen molar-refractivity contribution in [1.29, 1.82) is 0 Å². The van der Waals surface area contributed by atoms with Crippen LogP contribution in [0.4, 0.5) is 5.69 Å². The molecule has 0 spiro atoms. The second-order valence-corrected chi connectivity index (χ2v) is 5.70. The highest BCUT2D eigenvalue weighted by Crippen LogP contribution is 2.30. The summed E-state index contributed by atoms with van der Waals surface area (Å²) in [4.78, 5) is 25.8. The zero-order valence-electron chi connectivity index (χ0n) is 12.2. The predicted octanol–water partition coefficient (Wildman–Crippen LogP) is 1.42. The molecule has 6 heteroatoms. The number of anilines is 1. The minimum Gasteiger partial charge on any atom is -0.354 e. The van der Waals surface area contributed by atoms with Gasteiger partial charge in [-0.15, -0.1) is 0 Å². The maximum atomic E-state index is 12.1. The van der Waals surface area contributed by atoms with Crippen molar-refractivity contribution in [2.24, 2.45) is 5.92 Å². The van der Waals surface area contributed by atoms with Crippen LogP contribution in [0.3, 0.4) is 0 Å². The van der Waals surface area contributed by atoms with Crippen molar-refractivity contribution in [3.05, 3.63) is 29.3 Å². The molecule has 0 radical (unpaired) electrons. The van der Waals surface area contributed by atoms with Gasteiger partial charge in [-0.05, 0) is 26.1 Å². The molecule has 1 aliphatic heterocycles. The molecule has 5 nitrogen and oxygen atoms in total. The van der Waals surface area contributed by atoms with Gasteiger partial charge in [0.1, 0.15) is 0 Å². The van der Waals surface area contributed by atoms with Crippen LogP contribution in [0.2, 0.25) is 5.02 Å². The monoisotopic (exact) mass is 309 g/mol. The third-order valence-corrected chi connectivity index (χ3v) is 4.03. The number of carbonyl (C=O) groups is 2. The van der Waals surface area contributed by atoms with Gasteiger partial charge >= 0.3 is 0 Å². The van der Waals surface area contributed by atoms with Gasteiger partial charge in [0, 0.05) is 25.6 Å². The van der Waals surface area contributed by atoms with E-state index in [2.05, 4.69) is 10.6 Å². The van der Waals surface area contributed by atoms with Crippen LogP contribution in [-0.2, 0) is 9.59 Å². The minimum atomic E-state index is -0.321. The van der Waals surface area contributed by atoms with E-state index in [1.807, 2.05) is 26.1 Å². The van der Waals surface area contributed by atoms with Crippen LogP contribution < -0.4 is 15.5 Å². The molecule has 0 bridgehead atoms. The molecule has 21 heavy (non-hydrogen) atoms. The molecule has 0 aromatic heterocycles. The Balaban J connectivity index is 1.99. The van der Waals surface area contributed by atoms with E-state index in [0.717, 1.165) is 0 Å². The number of rotatable bonds is 5. The summed E-state index contributed by atoms with van der Waals surface area (Å²) >= 11 is 6.12. The molecule has 1 aliphatic rings. The largest absolute Gasteiger partial charge is 0.354 e. The highest BCUT2D eigenvalue weighted by atomic mass is 35.5. The van der Waals surface area contributed by atoms with Crippen LogP contribution in [0.15, 0.2) is 24.3 Å². The van der Waals surface area contributed by atoms with Gasteiger partial charge in [0.25, 0.3) is 0 Å². The van der Waals surface area contributed by atoms with Crippen molar-refractivity contribution < 1.29 is 9.59 Å². The van der Waals surface area contributed by atoms with E-state index < -0.39 is 0 Å². The second kappa shape index (κ2) is 6.91. The number of benzene rings is 1. The summed E-state index contributed by atoms with van der Waals surface area (Å²) in [7, 11) is 1.84. The number of nitrogens with zero attached hydrogens (tertiary/aromatic N) is 1. The number of nitrogens with one attached hydrogen (secondary N) is 2. The summed E-state index contributed by atoms with van der Waals surface area (Å²) in [5.74, 6) is -0.470. The fourth-order valence-corrected chi connectivity index (χ4v) is 2.52. The smallest absolute Gasteiger partial charge is 0.227 e. The van der Waals surface area contributed by atoms with Gasteiger partial charge in [0.15, 0.2) is 0 Å². The number of hydrogen-bond donors (Lipinski definition) is 2. The van der Waals surface area contributed by atoms with Gasteiger partial charge < -0.3 is 15.5 Å². The Morgan fingerprint density at radius 1 is 1.48 bits per heavy atom. The van der Waals surface area contributed by atoms with Crippen LogP contribution in [0, 0.1) is 5.92 Å². The average Bonchev–Trinajstić information content (AvgIpc) is 2.86. The van der Waals surface area contributed by atoms with Gasteiger partial charge in [0.2, 0.25) is 11.8 Å². The van der Waals surface area contributed by atoms with Crippen LogP contribution in [0.5, 0.6) is 0 Å². The fourth-order valence-electron chi connectivity index (χ4n) is 2.29. The maximum absolute atomic E-state index is 12.1. The Morgan fingerprint density at radius 3 is 2.86 bits per heavy atom. The SMILES string of the molecule is CNC(C)CNC(=O)C1CC(=O)N(c2ccccc2Cl)C1. The van der Waals surface area contributed by atoms with E-state index in [0.29, 0.717) is 23.8 Å². The van der Waals surface area contributed by atoms with Crippen LogP contribution in [0.1, 0.15) is 13.3 Å². The minimum absolute atomic E-state index is 0.0649. The zero-order chi connectivity index (χ0) is 15.4. The maximum Gasteiger partial charge on any atom is 0.227 e. The highest BCUT2D eigenvalue weighted by Gasteiger charge is 2.35. The number of carbonyl (C=O) groups excluding carboxylic acids is 2. The summed E-state index contributed by atoms with van der Waals surface area (Å²) in [5, 5.41) is 6.45. The molecule has 1 saturated heterocycles. The van der Waals surface area contributed by atoms with Gasteiger partial charge in [-0.2, -0.15) is 0 Å². The lowest BCUT2D eigenvalue weighted by Gasteiger charge is -2.18. The second-order valence-electron chi connectivity index (χ2n) is 5.29. The number of para-hydroxylation sites is 1. The van der Waals surface area contributed by atoms with Crippen LogP contribution in [0.25, 0.3) is 0 Å². The molecular formula is C15H20ClN3O2.